The van der Waals surface area contributed by atoms with E-state index in [0.717, 1.165) is 19.3 Å². The number of carbonyl (C=O) groups is 1. The van der Waals surface area contributed by atoms with Crippen LogP contribution in [0.1, 0.15) is 12.8 Å². The van der Waals surface area contributed by atoms with Gasteiger partial charge in [0, 0.05) is 19.2 Å². The van der Waals surface area contributed by atoms with E-state index in [9.17, 15) is 4.79 Å². The summed E-state index contributed by atoms with van der Waals surface area (Å²) in [4.78, 5) is 14.0. The van der Waals surface area contributed by atoms with E-state index in [1.807, 2.05) is 6.21 Å². The summed E-state index contributed by atoms with van der Waals surface area (Å²) in [7, 11) is 0. The van der Waals surface area contributed by atoms with E-state index in [4.69, 9.17) is 0 Å². The van der Waals surface area contributed by atoms with E-state index < -0.39 is 0 Å². The first-order valence-corrected chi connectivity index (χ1v) is 3.12. The van der Waals surface area contributed by atoms with Crippen LogP contribution in [0.3, 0.4) is 0 Å². The minimum absolute atomic E-state index is 0.0521. The second-order valence-corrected chi connectivity index (χ2v) is 1.99. The minimum atomic E-state index is 0.0521. The fraction of sp³-hybridized carbons (Fsp3) is 0.667. The van der Waals surface area contributed by atoms with Crippen LogP contribution >= 0.6 is 0 Å². The number of carbonyl (C=O) groups excluding carboxylic acids is 1. The zero-order valence-electron chi connectivity index (χ0n) is 5.21. The van der Waals surface area contributed by atoms with Gasteiger partial charge in [-0.2, -0.15) is 0 Å². The molecule has 0 aromatic heterocycles. The predicted molar refractivity (Wildman–Crippen MR) is 35.6 cm³/mol. The Morgan fingerprint density at radius 2 is 2.78 bits per heavy atom. The number of hydrogen-bond donors (Lipinski definition) is 1. The molecule has 0 spiro atoms. The SMILES string of the molecule is O=CCC1N=CCCN1. The van der Waals surface area contributed by atoms with Gasteiger partial charge < -0.3 is 4.79 Å². The lowest BCUT2D eigenvalue weighted by atomic mass is 10.3. The summed E-state index contributed by atoms with van der Waals surface area (Å²) in [5.41, 5.74) is 0. The van der Waals surface area contributed by atoms with Gasteiger partial charge in [0.05, 0.1) is 0 Å². The third-order valence-corrected chi connectivity index (χ3v) is 1.26. The Kier molecular flexibility index (Phi) is 2.39. The van der Waals surface area contributed by atoms with Gasteiger partial charge in [-0.15, -0.1) is 0 Å². The molecule has 0 saturated carbocycles. The van der Waals surface area contributed by atoms with E-state index in [-0.39, 0.29) is 6.17 Å². The fourth-order valence-electron chi connectivity index (χ4n) is 0.804. The maximum absolute atomic E-state index is 9.96. The van der Waals surface area contributed by atoms with E-state index in [2.05, 4.69) is 10.3 Å². The zero-order valence-corrected chi connectivity index (χ0v) is 5.21. The van der Waals surface area contributed by atoms with Crippen molar-refractivity contribution < 1.29 is 4.79 Å². The quantitative estimate of drug-likeness (QED) is 0.528. The van der Waals surface area contributed by atoms with Crippen molar-refractivity contribution >= 4 is 12.5 Å². The number of nitrogens with one attached hydrogen (secondary N) is 1. The van der Waals surface area contributed by atoms with Crippen LogP contribution in [0.5, 0.6) is 0 Å². The molecule has 0 aromatic rings. The second-order valence-electron chi connectivity index (χ2n) is 1.99. The average molecular weight is 126 g/mol. The topological polar surface area (TPSA) is 41.5 Å². The maximum atomic E-state index is 9.96. The molecule has 0 bridgehead atoms. The third kappa shape index (κ3) is 1.93. The summed E-state index contributed by atoms with van der Waals surface area (Å²) in [6, 6.07) is 0. The summed E-state index contributed by atoms with van der Waals surface area (Å²) >= 11 is 0. The molecule has 3 heteroatoms. The number of nitrogens with zero attached hydrogens (tertiary/aromatic N) is 1. The summed E-state index contributed by atoms with van der Waals surface area (Å²) in [6.07, 6.45) is 4.29. The lowest BCUT2D eigenvalue weighted by Crippen LogP contribution is -2.32. The van der Waals surface area contributed by atoms with Gasteiger partial charge in [-0.05, 0) is 6.42 Å². The lowest BCUT2D eigenvalue weighted by Gasteiger charge is -2.14. The third-order valence-electron chi connectivity index (χ3n) is 1.26. The van der Waals surface area contributed by atoms with Gasteiger partial charge in [-0.1, -0.05) is 0 Å². The Morgan fingerprint density at radius 3 is 3.33 bits per heavy atom. The summed E-state index contributed by atoms with van der Waals surface area (Å²) < 4.78 is 0. The van der Waals surface area contributed by atoms with Crippen molar-refractivity contribution in [3.05, 3.63) is 0 Å². The van der Waals surface area contributed by atoms with Crippen molar-refractivity contribution in [3.8, 4) is 0 Å². The van der Waals surface area contributed by atoms with Gasteiger partial charge in [0.25, 0.3) is 0 Å². The molecule has 0 amide bonds. The standard InChI is InChI=1S/C6H10N2O/c9-5-2-6-7-3-1-4-8-6/h3,5-6,8H,1-2,4H2. The Morgan fingerprint density at radius 1 is 1.89 bits per heavy atom. The molecule has 1 atom stereocenters. The monoisotopic (exact) mass is 126 g/mol. The van der Waals surface area contributed by atoms with Gasteiger partial charge >= 0.3 is 0 Å². The highest BCUT2D eigenvalue weighted by Gasteiger charge is 2.05. The first kappa shape index (κ1) is 6.42. The number of aliphatic imine (C=N–C) groups is 1. The number of rotatable bonds is 2. The van der Waals surface area contributed by atoms with Crippen molar-refractivity contribution in [1.82, 2.24) is 5.32 Å². The van der Waals surface area contributed by atoms with Gasteiger partial charge in [0.2, 0.25) is 0 Å². The molecule has 0 fully saturated rings. The van der Waals surface area contributed by atoms with Crippen molar-refractivity contribution in [2.45, 2.75) is 19.0 Å². The van der Waals surface area contributed by atoms with Crippen LogP contribution in [-0.4, -0.2) is 25.2 Å². The Labute approximate surface area is 54.2 Å². The van der Waals surface area contributed by atoms with Crippen LogP contribution in [0, 0.1) is 0 Å². The number of hydrogen-bond acceptors (Lipinski definition) is 3. The van der Waals surface area contributed by atoms with Crippen LogP contribution in [-0.2, 0) is 4.79 Å². The van der Waals surface area contributed by atoms with Gasteiger partial charge in [-0.25, -0.2) is 0 Å². The Bertz CT molecular complexity index is 122. The van der Waals surface area contributed by atoms with Crippen LogP contribution in [0.2, 0.25) is 0 Å². The predicted octanol–water partition coefficient (Wildman–Crippen LogP) is -0.0344. The number of aldehydes is 1. The van der Waals surface area contributed by atoms with Crippen molar-refractivity contribution in [3.63, 3.8) is 0 Å². The molecule has 0 aliphatic carbocycles. The second kappa shape index (κ2) is 3.35. The molecule has 1 rings (SSSR count). The largest absolute Gasteiger partial charge is 0.303 e. The highest BCUT2D eigenvalue weighted by molar-refractivity contribution is 5.59. The average Bonchev–Trinajstić information content (AvgIpc) is 1.91. The minimum Gasteiger partial charge on any atom is -0.303 e. The van der Waals surface area contributed by atoms with Crippen molar-refractivity contribution in [2.24, 2.45) is 4.99 Å². The fourth-order valence-corrected chi connectivity index (χ4v) is 0.804. The molecule has 0 saturated heterocycles. The molecule has 50 valence electrons. The zero-order chi connectivity index (χ0) is 6.53. The summed E-state index contributed by atoms with van der Waals surface area (Å²) in [5.74, 6) is 0. The van der Waals surface area contributed by atoms with Crippen molar-refractivity contribution in [1.29, 1.82) is 0 Å². The molecule has 9 heavy (non-hydrogen) atoms. The molecular weight excluding hydrogens is 116 g/mol. The highest BCUT2D eigenvalue weighted by Crippen LogP contribution is 1.94. The molecule has 0 aromatic carbocycles. The van der Waals surface area contributed by atoms with E-state index in [1.54, 1.807) is 0 Å². The van der Waals surface area contributed by atoms with Crippen LogP contribution in [0.4, 0.5) is 0 Å². The van der Waals surface area contributed by atoms with Gasteiger partial charge in [-0.3, -0.25) is 10.3 Å². The maximum Gasteiger partial charge on any atom is 0.123 e. The molecule has 1 aliphatic rings. The van der Waals surface area contributed by atoms with E-state index >= 15 is 0 Å². The molecule has 1 unspecified atom stereocenters. The molecule has 1 aliphatic heterocycles. The molecule has 1 N–H and O–H groups in total. The molecule has 0 radical (unpaired) electrons. The lowest BCUT2D eigenvalue weighted by molar-refractivity contribution is -0.108. The van der Waals surface area contributed by atoms with Gasteiger partial charge in [0.15, 0.2) is 0 Å². The smallest absolute Gasteiger partial charge is 0.123 e. The highest BCUT2D eigenvalue weighted by atomic mass is 16.1. The first-order valence-electron chi connectivity index (χ1n) is 3.12. The van der Waals surface area contributed by atoms with Crippen LogP contribution in [0.25, 0.3) is 0 Å². The Balaban J connectivity index is 2.31. The first-order chi connectivity index (χ1) is 4.43. The van der Waals surface area contributed by atoms with Crippen LogP contribution in [0.15, 0.2) is 4.99 Å². The van der Waals surface area contributed by atoms with Crippen molar-refractivity contribution in [2.75, 3.05) is 6.54 Å². The van der Waals surface area contributed by atoms with E-state index in [1.165, 1.54) is 0 Å². The normalized spacial score (nSPS) is 26.0. The molecule has 1 heterocycles. The summed E-state index contributed by atoms with van der Waals surface area (Å²) in [5, 5.41) is 3.09. The molecule has 3 nitrogen and oxygen atoms in total. The Hall–Kier alpha value is -0.700. The van der Waals surface area contributed by atoms with E-state index in [0.29, 0.717) is 6.42 Å². The van der Waals surface area contributed by atoms with Gasteiger partial charge in [0.1, 0.15) is 12.5 Å². The van der Waals surface area contributed by atoms with Crippen LogP contribution < -0.4 is 5.32 Å². The summed E-state index contributed by atoms with van der Waals surface area (Å²) in [6.45, 7) is 0.946. The molecular formula is C6H10N2O.